The van der Waals surface area contributed by atoms with Gasteiger partial charge < -0.3 is 9.84 Å². The van der Waals surface area contributed by atoms with Crippen LogP contribution in [0.3, 0.4) is 0 Å². The number of hydrogen-bond donors (Lipinski definition) is 1. The molecule has 0 heterocycles. The van der Waals surface area contributed by atoms with Gasteiger partial charge in [0.05, 0.1) is 12.7 Å². The monoisotopic (exact) mass is 336 g/mol. The Morgan fingerprint density at radius 2 is 2.08 bits per heavy atom. The van der Waals surface area contributed by atoms with Gasteiger partial charge in [-0.3, -0.25) is 4.79 Å². The number of ether oxygens (including phenoxy) is 1. The molecule has 3 nitrogen and oxygen atoms in total. The first kappa shape index (κ1) is 19.5. The lowest BCUT2D eigenvalue weighted by atomic mass is 9.47. The molecule has 0 aromatic carbocycles. The average molecular weight is 337 g/mol. The first-order valence-corrected chi connectivity index (χ1v) is 9.63. The van der Waals surface area contributed by atoms with Crippen molar-refractivity contribution in [2.75, 3.05) is 6.61 Å². The maximum Gasteiger partial charge on any atom is 0.293 e. The van der Waals surface area contributed by atoms with E-state index >= 15 is 0 Å². The molecule has 0 bridgehead atoms. The van der Waals surface area contributed by atoms with Crippen LogP contribution >= 0.6 is 0 Å². The number of rotatable bonds is 7. The number of fused-ring (bicyclic) bond motifs is 1. The van der Waals surface area contributed by atoms with Gasteiger partial charge in [-0.25, -0.2) is 0 Å². The third kappa shape index (κ3) is 3.71. The number of aliphatic hydroxyl groups excluding tert-OH is 1. The molecule has 0 aromatic rings. The standard InChI is InChI=1S/C21H36O3/c1-15(11-13-24-14-22)6-8-17-16(2)7-9-18-20(3,4)19(23)10-12-21(17,18)5/h7,14-15,17-19,23H,6,8-13H2,1-5H3. The van der Waals surface area contributed by atoms with Gasteiger partial charge in [-0.15, -0.1) is 0 Å². The van der Waals surface area contributed by atoms with E-state index in [0.29, 0.717) is 36.2 Å². The second kappa shape index (κ2) is 7.59. The molecule has 0 aromatic heterocycles. The third-order valence-corrected chi connectivity index (χ3v) is 7.28. The van der Waals surface area contributed by atoms with Crippen molar-refractivity contribution >= 4 is 6.47 Å². The van der Waals surface area contributed by atoms with E-state index in [9.17, 15) is 9.90 Å². The molecular formula is C21H36O3. The van der Waals surface area contributed by atoms with E-state index in [0.717, 1.165) is 25.7 Å². The minimum Gasteiger partial charge on any atom is -0.468 e. The highest BCUT2D eigenvalue weighted by molar-refractivity contribution is 5.36. The molecule has 2 aliphatic carbocycles. The summed E-state index contributed by atoms with van der Waals surface area (Å²) in [6.07, 6.45) is 8.71. The van der Waals surface area contributed by atoms with Crippen LogP contribution in [-0.4, -0.2) is 24.3 Å². The van der Waals surface area contributed by atoms with Crippen molar-refractivity contribution in [3.63, 3.8) is 0 Å². The van der Waals surface area contributed by atoms with E-state index < -0.39 is 0 Å². The Kier molecular flexibility index (Phi) is 6.17. The molecule has 5 atom stereocenters. The summed E-state index contributed by atoms with van der Waals surface area (Å²) in [4.78, 5) is 10.3. The predicted octanol–water partition coefficient (Wildman–Crippen LogP) is 4.74. The Morgan fingerprint density at radius 3 is 2.75 bits per heavy atom. The molecule has 3 heteroatoms. The van der Waals surface area contributed by atoms with Gasteiger partial charge in [-0.1, -0.05) is 39.3 Å². The van der Waals surface area contributed by atoms with Crippen LogP contribution in [0.25, 0.3) is 0 Å². The molecule has 2 aliphatic rings. The first-order chi connectivity index (χ1) is 11.2. The third-order valence-electron chi connectivity index (χ3n) is 7.28. The highest BCUT2D eigenvalue weighted by Crippen LogP contribution is 2.60. The smallest absolute Gasteiger partial charge is 0.293 e. The zero-order valence-electron chi connectivity index (χ0n) is 16.2. The Labute approximate surface area is 147 Å². The lowest BCUT2D eigenvalue weighted by molar-refractivity contribution is -0.129. The number of carbonyl (C=O) groups is 1. The molecule has 5 unspecified atom stereocenters. The highest BCUT2D eigenvalue weighted by Gasteiger charge is 2.54. The fraction of sp³-hybridized carbons (Fsp3) is 0.857. The molecule has 1 saturated carbocycles. The summed E-state index contributed by atoms with van der Waals surface area (Å²) >= 11 is 0. The number of carbonyl (C=O) groups excluding carboxylic acids is 1. The summed E-state index contributed by atoms with van der Waals surface area (Å²) in [7, 11) is 0. The average Bonchev–Trinajstić information content (AvgIpc) is 2.51. The minimum atomic E-state index is -0.178. The fourth-order valence-corrected chi connectivity index (χ4v) is 5.50. The van der Waals surface area contributed by atoms with Crippen molar-refractivity contribution in [2.24, 2.45) is 28.6 Å². The molecule has 0 aliphatic heterocycles. The fourth-order valence-electron chi connectivity index (χ4n) is 5.50. The molecule has 0 saturated heterocycles. The zero-order valence-corrected chi connectivity index (χ0v) is 16.2. The second-order valence-electron chi connectivity index (χ2n) is 9.11. The van der Waals surface area contributed by atoms with E-state index in [1.54, 1.807) is 0 Å². The zero-order chi connectivity index (χ0) is 18.0. The first-order valence-electron chi connectivity index (χ1n) is 9.63. The summed E-state index contributed by atoms with van der Waals surface area (Å²) < 4.78 is 4.84. The van der Waals surface area contributed by atoms with E-state index in [4.69, 9.17) is 4.74 Å². The molecule has 24 heavy (non-hydrogen) atoms. The number of allylic oxidation sites excluding steroid dienone is 2. The molecule has 0 amide bonds. The van der Waals surface area contributed by atoms with Gasteiger partial charge in [0.1, 0.15) is 0 Å². The largest absolute Gasteiger partial charge is 0.468 e. The van der Waals surface area contributed by atoms with Crippen molar-refractivity contribution < 1.29 is 14.6 Å². The van der Waals surface area contributed by atoms with Gasteiger partial charge in [-0.2, -0.15) is 0 Å². The Hall–Kier alpha value is -0.830. The van der Waals surface area contributed by atoms with Crippen molar-refractivity contribution in [3.8, 4) is 0 Å². The van der Waals surface area contributed by atoms with Crippen LogP contribution in [0.2, 0.25) is 0 Å². The summed E-state index contributed by atoms with van der Waals surface area (Å²) in [5.41, 5.74) is 1.82. The summed E-state index contributed by atoms with van der Waals surface area (Å²) in [5, 5.41) is 10.5. The lowest BCUT2D eigenvalue weighted by Gasteiger charge is -2.58. The van der Waals surface area contributed by atoms with Gasteiger partial charge in [-0.05, 0) is 74.0 Å². The Bertz CT molecular complexity index is 468. The molecule has 138 valence electrons. The molecule has 1 fully saturated rings. The maximum atomic E-state index is 10.5. The molecule has 2 rings (SSSR count). The summed E-state index contributed by atoms with van der Waals surface area (Å²) in [5.74, 6) is 1.73. The SMILES string of the molecule is CC1=CCC2C(C)(C)C(O)CCC2(C)C1CCC(C)CCOC=O. The summed E-state index contributed by atoms with van der Waals surface area (Å²) in [6.45, 7) is 12.6. The summed E-state index contributed by atoms with van der Waals surface area (Å²) in [6, 6.07) is 0. The van der Waals surface area contributed by atoms with Crippen LogP contribution in [0.1, 0.15) is 73.1 Å². The van der Waals surface area contributed by atoms with Crippen molar-refractivity contribution in [1.82, 2.24) is 0 Å². The van der Waals surface area contributed by atoms with E-state index in [-0.39, 0.29) is 11.5 Å². The van der Waals surface area contributed by atoms with Crippen molar-refractivity contribution in [2.45, 2.75) is 79.2 Å². The molecule has 0 spiro atoms. The second-order valence-corrected chi connectivity index (χ2v) is 9.11. The van der Waals surface area contributed by atoms with E-state index in [1.807, 2.05) is 0 Å². The lowest BCUT2D eigenvalue weighted by Crippen LogP contribution is -2.54. The number of hydrogen-bond acceptors (Lipinski definition) is 3. The van der Waals surface area contributed by atoms with E-state index in [2.05, 4.69) is 40.7 Å². The van der Waals surface area contributed by atoms with Gasteiger partial charge in [0, 0.05) is 0 Å². The van der Waals surface area contributed by atoms with Gasteiger partial charge in [0.2, 0.25) is 0 Å². The van der Waals surface area contributed by atoms with Crippen LogP contribution in [0, 0.1) is 28.6 Å². The van der Waals surface area contributed by atoms with Gasteiger partial charge >= 0.3 is 0 Å². The highest BCUT2D eigenvalue weighted by atomic mass is 16.5. The van der Waals surface area contributed by atoms with Gasteiger partial charge in [0.25, 0.3) is 6.47 Å². The molecular weight excluding hydrogens is 300 g/mol. The number of aliphatic hydroxyl groups is 1. The van der Waals surface area contributed by atoms with Crippen LogP contribution in [0.15, 0.2) is 11.6 Å². The Balaban J connectivity index is 2.07. The van der Waals surface area contributed by atoms with Crippen LogP contribution in [0.4, 0.5) is 0 Å². The minimum absolute atomic E-state index is 0.00807. The topological polar surface area (TPSA) is 46.5 Å². The Morgan fingerprint density at radius 1 is 1.38 bits per heavy atom. The van der Waals surface area contributed by atoms with Gasteiger partial charge in [0.15, 0.2) is 0 Å². The van der Waals surface area contributed by atoms with E-state index in [1.165, 1.54) is 18.4 Å². The normalized spacial score (nSPS) is 36.4. The van der Waals surface area contributed by atoms with Crippen LogP contribution in [-0.2, 0) is 9.53 Å². The van der Waals surface area contributed by atoms with Crippen LogP contribution in [0.5, 0.6) is 0 Å². The van der Waals surface area contributed by atoms with Crippen molar-refractivity contribution in [1.29, 1.82) is 0 Å². The molecule has 1 N–H and O–H groups in total. The van der Waals surface area contributed by atoms with Crippen LogP contribution < -0.4 is 0 Å². The predicted molar refractivity (Wildman–Crippen MR) is 97.5 cm³/mol. The maximum absolute atomic E-state index is 10.5. The quantitative estimate of drug-likeness (QED) is 0.415. The van der Waals surface area contributed by atoms with Crippen molar-refractivity contribution in [3.05, 3.63) is 11.6 Å². The molecule has 0 radical (unpaired) electrons.